The van der Waals surface area contributed by atoms with Gasteiger partial charge in [0.15, 0.2) is 0 Å². The minimum absolute atomic E-state index is 0.149. The standard InChI is InChI=1S/C25H34ClN3O5S/c1-17(2)14-27-25(31)19(4)28(15-20-9-7-18(3)8-10-20)24(30)16-29(35(6,32)33)21-11-12-23(34-5)22(26)13-21/h7-13,17,19H,14-16H2,1-6H3,(H,27,31)/t19-/m1/s1. The molecule has 1 atom stereocenters. The van der Waals surface area contributed by atoms with E-state index in [0.29, 0.717) is 12.3 Å². The van der Waals surface area contributed by atoms with E-state index in [-0.39, 0.29) is 29.1 Å². The highest BCUT2D eigenvalue weighted by atomic mass is 35.5. The van der Waals surface area contributed by atoms with E-state index in [1.807, 2.05) is 45.0 Å². The number of anilines is 1. The maximum atomic E-state index is 13.5. The normalized spacial score (nSPS) is 12.2. The Morgan fingerprint density at radius 1 is 1.09 bits per heavy atom. The smallest absolute Gasteiger partial charge is 0.244 e. The number of benzene rings is 2. The van der Waals surface area contributed by atoms with Crippen LogP contribution in [0.3, 0.4) is 0 Å². The van der Waals surface area contributed by atoms with Gasteiger partial charge in [-0.2, -0.15) is 0 Å². The van der Waals surface area contributed by atoms with Gasteiger partial charge in [0.05, 0.1) is 24.1 Å². The third kappa shape index (κ3) is 8.14. The zero-order chi connectivity index (χ0) is 26.3. The lowest BCUT2D eigenvalue weighted by molar-refractivity contribution is -0.139. The Kier molecular flexibility index (Phi) is 9.97. The number of nitrogens with one attached hydrogen (secondary N) is 1. The third-order valence-corrected chi connectivity index (χ3v) is 6.86. The van der Waals surface area contributed by atoms with Crippen molar-refractivity contribution < 1.29 is 22.7 Å². The van der Waals surface area contributed by atoms with E-state index in [0.717, 1.165) is 21.7 Å². The first-order valence-electron chi connectivity index (χ1n) is 11.3. The van der Waals surface area contributed by atoms with E-state index in [4.69, 9.17) is 16.3 Å². The summed E-state index contributed by atoms with van der Waals surface area (Å²) in [6, 6.07) is 11.3. The lowest BCUT2D eigenvalue weighted by Crippen LogP contribution is -2.51. The van der Waals surface area contributed by atoms with Crippen molar-refractivity contribution in [2.24, 2.45) is 5.92 Å². The van der Waals surface area contributed by atoms with Crippen molar-refractivity contribution in [3.8, 4) is 5.75 Å². The van der Waals surface area contributed by atoms with Crippen molar-refractivity contribution in [2.75, 3.05) is 30.8 Å². The Bertz CT molecular complexity index is 1140. The number of amides is 2. The molecule has 0 fully saturated rings. The summed E-state index contributed by atoms with van der Waals surface area (Å²) in [4.78, 5) is 27.7. The molecule has 8 nitrogen and oxygen atoms in total. The summed E-state index contributed by atoms with van der Waals surface area (Å²) < 4.78 is 31.4. The summed E-state index contributed by atoms with van der Waals surface area (Å²) in [6.07, 6.45) is 1.02. The minimum Gasteiger partial charge on any atom is -0.495 e. The predicted molar refractivity (Wildman–Crippen MR) is 139 cm³/mol. The van der Waals surface area contributed by atoms with Crippen LogP contribution in [0.2, 0.25) is 5.02 Å². The molecule has 10 heteroatoms. The summed E-state index contributed by atoms with van der Waals surface area (Å²) in [5, 5.41) is 3.06. The van der Waals surface area contributed by atoms with Crippen molar-refractivity contribution in [3.05, 3.63) is 58.6 Å². The first-order chi connectivity index (χ1) is 16.3. The summed E-state index contributed by atoms with van der Waals surface area (Å²) in [6.45, 7) is 7.67. The Hall–Kier alpha value is -2.78. The molecule has 0 radical (unpaired) electrons. The molecule has 2 aromatic rings. The lowest BCUT2D eigenvalue weighted by Gasteiger charge is -2.31. The fraction of sp³-hybridized carbons (Fsp3) is 0.440. The fourth-order valence-corrected chi connectivity index (χ4v) is 4.44. The number of hydrogen-bond donors (Lipinski definition) is 1. The number of rotatable bonds is 11. The Morgan fingerprint density at radius 3 is 2.23 bits per heavy atom. The Balaban J connectivity index is 2.38. The minimum atomic E-state index is -3.84. The summed E-state index contributed by atoms with van der Waals surface area (Å²) in [7, 11) is -2.39. The highest BCUT2D eigenvalue weighted by Crippen LogP contribution is 2.30. The summed E-state index contributed by atoms with van der Waals surface area (Å²) >= 11 is 6.20. The van der Waals surface area contributed by atoms with E-state index in [1.54, 1.807) is 6.92 Å². The number of methoxy groups -OCH3 is 1. The van der Waals surface area contributed by atoms with Gasteiger partial charge >= 0.3 is 0 Å². The van der Waals surface area contributed by atoms with Crippen molar-refractivity contribution in [1.82, 2.24) is 10.2 Å². The van der Waals surface area contributed by atoms with E-state index in [2.05, 4.69) is 5.32 Å². The number of carbonyl (C=O) groups excluding carboxylic acids is 2. The molecule has 2 aromatic carbocycles. The zero-order valence-corrected chi connectivity index (χ0v) is 22.6. The van der Waals surface area contributed by atoms with Gasteiger partial charge < -0.3 is 15.0 Å². The number of hydrogen-bond acceptors (Lipinski definition) is 5. The number of aryl methyl sites for hydroxylation is 1. The highest BCUT2D eigenvalue weighted by molar-refractivity contribution is 7.92. The Morgan fingerprint density at radius 2 is 1.71 bits per heavy atom. The van der Waals surface area contributed by atoms with Gasteiger partial charge in [-0.25, -0.2) is 8.42 Å². The highest BCUT2D eigenvalue weighted by Gasteiger charge is 2.30. The molecule has 0 aliphatic heterocycles. The van der Waals surface area contributed by atoms with Crippen LogP contribution in [0.15, 0.2) is 42.5 Å². The molecule has 0 aliphatic carbocycles. The second kappa shape index (κ2) is 12.3. The molecule has 1 N–H and O–H groups in total. The van der Waals surface area contributed by atoms with Gasteiger partial charge in [0.25, 0.3) is 0 Å². The topological polar surface area (TPSA) is 96.0 Å². The van der Waals surface area contributed by atoms with E-state index in [9.17, 15) is 18.0 Å². The monoisotopic (exact) mass is 523 g/mol. The van der Waals surface area contributed by atoms with Crippen LogP contribution in [0.25, 0.3) is 0 Å². The number of nitrogens with zero attached hydrogens (tertiary/aromatic N) is 2. The van der Waals surface area contributed by atoms with Crippen LogP contribution in [-0.4, -0.2) is 57.6 Å². The molecule has 0 aromatic heterocycles. The van der Waals surface area contributed by atoms with Crippen LogP contribution < -0.4 is 14.4 Å². The van der Waals surface area contributed by atoms with Crippen molar-refractivity contribution in [2.45, 2.75) is 40.3 Å². The molecule has 2 rings (SSSR count). The third-order valence-electron chi connectivity index (χ3n) is 5.43. The van der Waals surface area contributed by atoms with Crippen molar-refractivity contribution in [1.29, 1.82) is 0 Å². The largest absolute Gasteiger partial charge is 0.495 e. The first kappa shape index (κ1) is 28.5. The van der Waals surface area contributed by atoms with Crippen molar-refractivity contribution >= 4 is 39.1 Å². The first-order valence-corrected chi connectivity index (χ1v) is 13.5. The second-order valence-corrected chi connectivity index (χ2v) is 11.2. The molecule has 0 saturated carbocycles. The van der Waals surface area contributed by atoms with Crippen LogP contribution in [-0.2, 0) is 26.2 Å². The quantitative estimate of drug-likeness (QED) is 0.485. The van der Waals surface area contributed by atoms with Crippen LogP contribution in [0.4, 0.5) is 5.69 Å². The van der Waals surface area contributed by atoms with Gasteiger partial charge in [-0.05, 0) is 43.5 Å². The number of carbonyl (C=O) groups is 2. The van der Waals surface area contributed by atoms with E-state index < -0.39 is 28.5 Å². The average molecular weight is 524 g/mol. The average Bonchev–Trinajstić information content (AvgIpc) is 2.79. The molecule has 0 spiro atoms. The van der Waals surface area contributed by atoms with Crippen LogP contribution in [0.5, 0.6) is 5.75 Å². The number of ether oxygens (including phenoxy) is 1. The number of sulfonamides is 1. The molecule has 192 valence electrons. The maximum absolute atomic E-state index is 13.5. The fourth-order valence-electron chi connectivity index (χ4n) is 3.35. The van der Waals surface area contributed by atoms with E-state index >= 15 is 0 Å². The summed E-state index contributed by atoms with van der Waals surface area (Å²) in [5.74, 6) is -0.202. The molecule has 2 amide bonds. The van der Waals surface area contributed by atoms with Crippen LogP contribution >= 0.6 is 11.6 Å². The second-order valence-electron chi connectivity index (χ2n) is 8.91. The Labute approximate surface area is 213 Å². The van der Waals surface area contributed by atoms with Gasteiger partial charge in [-0.1, -0.05) is 55.3 Å². The predicted octanol–water partition coefficient (Wildman–Crippen LogP) is 3.61. The van der Waals surface area contributed by atoms with Gasteiger partial charge in [0.2, 0.25) is 21.8 Å². The molecule has 0 heterocycles. The number of halogens is 1. The maximum Gasteiger partial charge on any atom is 0.244 e. The molecule has 0 aliphatic rings. The molecule has 35 heavy (non-hydrogen) atoms. The lowest BCUT2D eigenvalue weighted by atomic mass is 10.1. The van der Waals surface area contributed by atoms with Crippen LogP contribution in [0, 0.1) is 12.8 Å². The van der Waals surface area contributed by atoms with Crippen LogP contribution in [0.1, 0.15) is 31.9 Å². The van der Waals surface area contributed by atoms with Gasteiger partial charge in [-0.3, -0.25) is 13.9 Å². The molecule has 0 bridgehead atoms. The van der Waals surface area contributed by atoms with E-state index in [1.165, 1.54) is 30.2 Å². The molecular weight excluding hydrogens is 490 g/mol. The molecule has 0 saturated heterocycles. The molecule has 0 unspecified atom stereocenters. The van der Waals surface area contributed by atoms with Gasteiger partial charge in [-0.15, -0.1) is 0 Å². The van der Waals surface area contributed by atoms with Gasteiger partial charge in [0.1, 0.15) is 18.3 Å². The molecular formula is C25H34ClN3O5S. The SMILES string of the molecule is COc1ccc(N(CC(=O)N(Cc2ccc(C)cc2)[C@H](C)C(=O)NCC(C)C)S(C)(=O)=O)cc1Cl. The zero-order valence-electron chi connectivity index (χ0n) is 21.0. The summed E-state index contributed by atoms with van der Waals surface area (Å²) in [5.41, 5.74) is 2.11. The van der Waals surface area contributed by atoms with Crippen molar-refractivity contribution in [3.63, 3.8) is 0 Å². The van der Waals surface area contributed by atoms with Gasteiger partial charge in [0, 0.05) is 13.1 Å².